The summed E-state index contributed by atoms with van der Waals surface area (Å²) >= 11 is 0. The Morgan fingerprint density at radius 2 is 1.83 bits per heavy atom. The second-order valence-electron chi connectivity index (χ2n) is 8.16. The Bertz CT molecular complexity index is 771. The van der Waals surface area contributed by atoms with Gasteiger partial charge in [-0.15, -0.1) is 0 Å². The Hall–Kier alpha value is -2.75. The molecule has 1 aromatic carbocycles. The monoisotopic (exact) mass is 400 g/mol. The number of ether oxygens (including phenoxy) is 1. The molecule has 2 rings (SSSR count). The predicted octanol–water partition coefficient (Wildman–Crippen LogP) is 3.77. The van der Waals surface area contributed by atoms with E-state index in [9.17, 15) is 14.9 Å². The number of anilines is 2. The van der Waals surface area contributed by atoms with Crippen LogP contribution in [0.1, 0.15) is 53.0 Å². The van der Waals surface area contributed by atoms with E-state index in [0.29, 0.717) is 44.7 Å². The lowest BCUT2D eigenvalue weighted by molar-refractivity contribution is -0.118. The molecule has 0 unspecified atom stereocenters. The average Bonchev–Trinajstić information content (AvgIpc) is 2.67. The van der Waals surface area contributed by atoms with Crippen molar-refractivity contribution in [2.75, 3.05) is 42.5 Å². The first-order chi connectivity index (χ1) is 13.7. The van der Waals surface area contributed by atoms with E-state index in [-0.39, 0.29) is 12.0 Å². The van der Waals surface area contributed by atoms with Crippen molar-refractivity contribution in [3.8, 4) is 6.07 Å². The quantitative estimate of drug-likeness (QED) is 0.752. The van der Waals surface area contributed by atoms with Gasteiger partial charge in [0.15, 0.2) is 0 Å². The molecule has 0 aromatic heterocycles. The number of benzene rings is 1. The van der Waals surface area contributed by atoms with Gasteiger partial charge >= 0.3 is 6.09 Å². The van der Waals surface area contributed by atoms with Gasteiger partial charge in [0.2, 0.25) is 5.91 Å². The van der Waals surface area contributed by atoms with Crippen LogP contribution in [0.15, 0.2) is 18.2 Å². The molecule has 29 heavy (non-hydrogen) atoms. The molecule has 7 nitrogen and oxygen atoms in total. The van der Waals surface area contributed by atoms with Crippen LogP contribution in [0.3, 0.4) is 0 Å². The molecule has 7 heteroatoms. The van der Waals surface area contributed by atoms with Gasteiger partial charge in [-0.25, -0.2) is 4.79 Å². The summed E-state index contributed by atoms with van der Waals surface area (Å²) < 4.78 is 5.44. The summed E-state index contributed by atoms with van der Waals surface area (Å²) in [5, 5.41) is 9.67. The highest BCUT2D eigenvalue weighted by molar-refractivity contribution is 5.93. The van der Waals surface area contributed by atoms with Crippen LogP contribution in [0.25, 0.3) is 0 Å². The molecule has 0 bridgehead atoms. The van der Waals surface area contributed by atoms with E-state index in [0.717, 1.165) is 17.8 Å². The molecular weight excluding hydrogens is 368 g/mol. The van der Waals surface area contributed by atoms with E-state index in [4.69, 9.17) is 4.74 Å². The summed E-state index contributed by atoms with van der Waals surface area (Å²) in [6.07, 6.45) is 0.978. The standard InChI is InChI=1S/C22H32N4O3/c1-6-8-20(27)26(7-2)18-9-10-19(17(15-18)16-23)24-11-13-25(14-12-24)21(28)29-22(3,4)5/h9-10,15H,6-8,11-14H2,1-5H3. The van der Waals surface area contributed by atoms with E-state index in [1.807, 2.05) is 46.8 Å². The second kappa shape index (κ2) is 9.64. The normalized spacial score (nSPS) is 14.3. The van der Waals surface area contributed by atoms with E-state index in [1.165, 1.54) is 0 Å². The van der Waals surface area contributed by atoms with Gasteiger partial charge in [0.25, 0.3) is 0 Å². The molecular formula is C22H32N4O3. The highest BCUT2D eigenvalue weighted by atomic mass is 16.6. The van der Waals surface area contributed by atoms with Gasteiger partial charge in [0.05, 0.1) is 11.3 Å². The summed E-state index contributed by atoms with van der Waals surface area (Å²) in [5.74, 6) is 0.0672. The fourth-order valence-electron chi connectivity index (χ4n) is 3.37. The molecule has 0 radical (unpaired) electrons. The SMILES string of the molecule is CCCC(=O)N(CC)c1ccc(N2CCN(C(=O)OC(C)(C)C)CC2)c(C#N)c1. The maximum Gasteiger partial charge on any atom is 0.410 e. The number of hydrogen-bond donors (Lipinski definition) is 0. The lowest BCUT2D eigenvalue weighted by atomic mass is 10.1. The van der Waals surface area contributed by atoms with E-state index < -0.39 is 5.60 Å². The highest BCUT2D eigenvalue weighted by Gasteiger charge is 2.27. The van der Waals surface area contributed by atoms with Gasteiger partial charge < -0.3 is 19.4 Å². The molecule has 1 heterocycles. The topological polar surface area (TPSA) is 76.9 Å². The first-order valence-electron chi connectivity index (χ1n) is 10.3. The van der Waals surface area contributed by atoms with Crippen LogP contribution in [0.4, 0.5) is 16.2 Å². The Kier molecular flexibility index (Phi) is 7.49. The largest absolute Gasteiger partial charge is 0.444 e. The number of nitrogens with zero attached hydrogens (tertiary/aromatic N) is 4. The molecule has 0 aliphatic carbocycles. The molecule has 1 aliphatic rings. The van der Waals surface area contributed by atoms with Crippen LogP contribution in [-0.4, -0.2) is 55.2 Å². The average molecular weight is 401 g/mol. The number of carbonyl (C=O) groups excluding carboxylic acids is 2. The minimum Gasteiger partial charge on any atom is -0.444 e. The Morgan fingerprint density at radius 3 is 2.34 bits per heavy atom. The second-order valence-corrected chi connectivity index (χ2v) is 8.16. The maximum atomic E-state index is 12.3. The van der Waals surface area contributed by atoms with Crippen LogP contribution in [-0.2, 0) is 9.53 Å². The van der Waals surface area contributed by atoms with E-state index in [2.05, 4.69) is 11.0 Å². The lowest BCUT2D eigenvalue weighted by Crippen LogP contribution is -2.50. The number of hydrogen-bond acceptors (Lipinski definition) is 5. The van der Waals surface area contributed by atoms with Crippen LogP contribution >= 0.6 is 0 Å². The van der Waals surface area contributed by atoms with E-state index in [1.54, 1.807) is 15.9 Å². The van der Waals surface area contributed by atoms with Crippen molar-refractivity contribution in [2.24, 2.45) is 0 Å². The van der Waals surface area contributed by atoms with Crippen LogP contribution < -0.4 is 9.80 Å². The number of amides is 2. The molecule has 158 valence electrons. The number of rotatable bonds is 5. The van der Waals surface area contributed by atoms with Gasteiger partial charge in [-0.05, 0) is 52.3 Å². The molecule has 0 saturated carbocycles. The fourth-order valence-corrected chi connectivity index (χ4v) is 3.37. The van der Waals surface area contributed by atoms with Gasteiger partial charge in [-0.2, -0.15) is 5.26 Å². The third kappa shape index (κ3) is 5.86. The fraction of sp³-hybridized carbons (Fsp3) is 0.591. The Balaban J connectivity index is 2.11. The Morgan fingerprint density at radius 1 is 1.17 bits per heavy atom. The molecule has 1 aliphatic heterocycles. The zero-order chi connectivity index (χ0) is 21.6. The van der Waals surface area contributed by atoms with Crippen molar-refractivity contribution < 1.29 is 14.3 Å². The lowest BCUT2D eigenvalue weighted by Gasteiger charge is -2.37. The maximum absolute atomic E-state index is 12.3. The van der Waals surface area contributed by atoms with Crippen molar-refractivity contribution in [3.05, 3.63) is 23.8 Å². The minimum absolute atomic E-state index is 0.0672. The third-order valence-electron chi connectivity index (χ3n) is 4.77. The van der Waals surface area contributed by atoms with Crippen LogP contribution in [0.2, 0.25) is 0 Å². The predicted molar refractivity (Wildman–Crippen MR) is 114 cm³/mol. The van der Waals surface area contributed by atoms with Gasteiger partial charge in [0.1, 0.15) is 11.7 Å². The summed E-state index contributed by atoms with van der Waals surface area (Å²) in [6, 6.07) is 7.85. The summed E-state index contributed by atoms with van der Waals surface area (Å²) in [5.41, 5.74) is 1.60. The number of carbonyl (C=O) groups is 2. The molecule has 1 aromatic rings. The molecule has 0 atom stereocenters. The molecule has 1 fully saturated rings. The summed E-state index contributed by atoms with van der Waals surface area (Å²) in [4.78, 5) is 30.1. The Labute approximate surface area is 173 Å². The molecule has 1 saturated heterocycles. The molecule has 0 N–H and O–H groups in total. The zero-order valence-corrected chi connectivity index (χ0v) is 18.2. The number of nitriles is 1. The summed E-state index contributed by atoms with van der Waals surface area (Å²) in [6.45, 7) is 12.4. The third-order valence-corrected chi connectivity index (χ3v) is 4.77. The summed E-state index contributed by atoms with van der Waals surface area (Å²) in [7, 11) is 0. The van der Waals surface area contributed by atoms with Gasteiger partial charge in [-0.1, -0.05) is 6.92 Å². The van der Waals surface area contributed by atoms with Crippen molar-refractivity contribution in [1.82, 2.24) is 4.90 Å². The van der Waals surface area contributed by atoms with Gasteiger partial charge in [-0.3, -0.25) is 4.79 Å². The molecule has 2 amide bonds. The van der Waals surface area contributed by atoms with Crippen molar-refractivity contribution >= 4 is 23.4 Å². The first-order valence-corrected chi connectivity index (χ1v) is 10.3. The van der Waals surface area contributed by atoms with Crippen LogP contribution in [0.5, 0.6) is 0 Å². The van der Waals surface area contributed by atoms with E-state index >= 15 is 0 Å². The minimum atomic E-state index is -0.515. The van der Waals surface area contributed by atoms with Crippen molar-refractivity contribution in [1.29, 1.82) is 5.26 Å². The van der Waals surface area contributed by atoms with Crippen molar-refractivity contribution in [2.45, 2.75) is 53.1 Å². The first kappa shape index (κ1) is 22.5. The highest BCUT2D eigenvalue weighted by Crippen LogP contribution is 2.27. The van der Waals surface area contributed by atoms with Crippen molar-refractivity contribution in [3.63, 3.8) is 0 Å². The van der Waals surface area contributed by atoms with Crippen LogP contribution in [0, 0.1) is 11.3 Å². The number of piperazine rings is 1. The van der Waals surface area contributed by atoms with Gasteiger partial charge in [0, 0.05) is 44.8 Å². The molecule has 0 spiro atoms. The zero-order valence-electron chi connectivity index (χ0n) is 18.2. The smallest absolute Gasteiger partial charge is 0.410 e.